The smallest absolute Gasteiger partial charge is 0.234 e. The Morgan fingerprint density at radius 1 is 0.919 bits per heavy atom. The van der Waals surface area contributed by atoms with E-state index in [1.54, 1.807) is 0 Å². The molecular formula is C29H27N5O2S. The zero-order valence-electron chi connectivity index (χ0n) is 20.7. The standard InChI is InChI=1S/C29H27N5O2S/c1-3-24-26-28(34(33-24)22-13-9-6-10-14-22)31-27(20-11-7-5-8-12-20)32-29(26)37-19-25(35)30-21-15-17-23(18-16-21)36-4-2/h5-18H,3-4,19H2,1-2H3,(H,30,35). The number of amides is 1. The normalized spacial score (nSPS) is 11.0. The van der Waals surface area contributed by atoms with Crippen LogP contribution in [0.15, 0.2) is 90.0 Å². The SMILES string of the molecule is CCOc1ccc(NC(=O)CSc2nc(-c3ccccc3)nc3c2c(CC)nn3-c2ccccc2)cc1. The van der Waals surface area contributed by atoms with Crippen LogP contribution in [0.3, 0.4) is 0 Å². The highest BCUT2D eigenvalue weighted by Crippen LogP contribution is 2.32. The molecule has 5 rings (SSSR count). The fourth-order valence-electron chi connectivity index (χ4n) is 4.00. The van der Waals surface area contributed by atoms with E-state index >= 15 is 0 Å². The van der Waals surface area contributed by atoms with Crippen molar-refractivity contribution < 1.29 is 9.53 Å². The average molecular weight is 510 g/mol. The third kappa shape index (κ3) is 5.49. The first-order chi connectivity index (χ1) is 18.2. The average Bonchev–Trinajstić information content (AvgIpc) is 3.33. The van der Waals surface area contributed by atoms with E-state index in [2.05, 4.69) is 12.2 Å². The highest BCUT2D eigenvalue weighted by Gasteiger charge is 2.20. The predicted molar refractivity (Wildman–Crippen MR) is 148 cm³/mol. The molecule has 0 saturated heterocycles. The van der Waals surface area contributed by atoms with Gasteiger partial charge in [-0.05, 0) is 49.7 Å². The van der Waals surface area contributed by atoms with E-state index in [0.29, 0.717) is 12.4 Å². The Bertz CT molecular complexity index is 1500. The van der Waals surface area contributed by atoms with Gasteiger partial charge >= 0.3 is 0 Å². The number of aromatic nitrogens is 4. The van der Waals surface area contributed by atoms with E-state index in [1.807, 2.05) is 96.5 Å². The molecule has 7 nitrogen and oxygen atoms in total. The van der Waals surface area contributed by atoms with Crippen molar-refractivity contribution in [1.82, 2.24) is 19.7 Å². The minimum absolute atomic E-state index is 0.115. The molecule has 1 amide bonds. The van der Waals surface area contributed by atoms with Crippen LogP contribution >= 0.6 is 11.8 Å². The van der Waals surface area contributed by atoms with Crippen LogP contribution in [0.2, 0.25) is 0 Å². The van der Waals surface area contributed by atoms with Crippen LogP contribution in [0.25, 0.3) is 28.1 Å². The van der Waals surface area contributed by atoms with Crippen molar-refractivity contribution in [2.24, 2.45) is 0 Å². The molecule has 0 saturated carbocycles. The summed E-state index contributed by atoms with van der Waals surface area (Å²) in [5, 5.41) is 9.46. The van der Waals surface area contributed by atoms with E-state index in [1.165, 1.54) is 11.8 Å². The number of rotatable bonds is 9. The summed E-state index contributed by atoms with van der Waals surface area (Å²) in [4.78, 5) is 22.7. The number of thioether (sulfide) groups is 1. The minimum Gasteiger partial charge on any atom is -0.494 e. The molecule has 0 unspecified atom stereocenters. The third-order valence-electron chi connectivity index (χ3n) is 5.72. The van der Waals surface area contributed by atoms with E-state index in [4.69, 9.17) is 19.8 Å². The Labute approximate surface area is 219 Å². The maximum atomic E-state index is 12.8. The summed E-state index contributed by atoms with van der Waals surface area (Å²) >= 11 is 1.39. The molecule has 37 heavy (non-hydrogen) atoms. The van der Waals surface area contributed by atoms with Gasteiger partial charge in [-0.2, -0.15) is 5.10 Å². The Kier molecular flexibility index (Phi) is 7.46. The first-order valence-corrected chi connectivity index (χ1v) is 13.2. The van der Waals surface area contributed by atoms with Crippen LogP contribution in [0, 0.1) is 0 Å². The Balaban J connectivity index is 1.49. The number of hydrogen-bond donors (Lipinski definition) is 1. The molecule has 0 bridgehead atoms. The molecule has 1 N–H and O–H groups in total. The van der Waals surface area contributed by atoms with Gasteiger partial charge in [0.25, 0.3) is 0 Å². The first kappa shape index (κ1) is 24.5. The molecule has 2 aromatic heterocycles. The molecule has 8 heteroatoms. The summed E-state index contributed by atoms with van der Waals surface area (Å²) in [6, 6.07) is 27.2. The number of carbonyl (C=O) groups is 1. The second kappa shape index (κ2) is 11.3. The van der Waals surface area contributed by atoms with Crippen LogP contribution in [0.4, 0.5) is 5.69 Å². The Hall–Kier alpha value is -4.17. The highest BCUT2D eigenvalue weighted by molar-refractivity contribution is 8.00. The number of hydrogen-bond acceptors (Lipinski definition) is 6. The van der Waals surface area contributed by atoms with Gasteiger partial charge < -0.3 is 10.1 Å². The highest BCUT2D eigenvalue weighted by atomic mass is 32.2. The lowest BCUT2D eigenvalue weighted by Gasteiger charge is -2.09. The number of para-hydroxylation sites is 1. The number of ether oxygens (including phenoxy) is 1. The summed E-state index contributed by atoms with van der Waals surface area (Å²) in [6.45, 7) is 4.60. The number of nitrogens with one attached hydrogen (secondary N) is 1. The molecule has 0 aliphatic carbocycles. The van der Waals surface area contributed by atoms with Crippen molar-refractivity contribution in [1.29, 1.82) is 0 Å². The van der Waals surface area contributed by atoms with Crippen molar-refractivity contribution in [3.05, 3.63) is 90.6 Å². The van der Waals surface area contributed by atoms with Gasteiger partial charge in [0, 0.05) is 11.3 Å². The van der Waals surface area contributed by atoms with E-state index in [9.17, 15) is 4.79 Å². The molecule has 0 aliphatic heterocycles. The van der Waals surface area contributed by atoms with Gasteiger partial charge in [-0.1, -0.05) is 67.2 Å². The Morgan fingerprint density at radius 3 is 2.30 bits per heavy atom. The van der Waals surface area contributed by atoms with Gasteiger partial charge in [0.1, 0.15) is 10.8 Å². The van der Waals surface area contributed by atoms with E-state index < -0.39 is 0 Å². The summed E-state index contributed by atoms with van der Waals surface area (Å²) in [6.07, 6.45) is 0.719. The second-order valence-electron chi connectivity index (χ2n) is 8.26. The molecule has 5 aromatic rings. The summed E-state index contributed by atoms with van der Waals surface area (Å²) < 4.78 is 7.34. The molecule has 0 spiro atoms. The van der Waals surface area contributed by atoms with Gasteiger partial charge in [0.05, 0.1) is 29.1 Å². The first-order valence-electron chi connectivity index (χ1n) is 12.2. The van der Waals surface area contributed by atoms with Gasteiger partial charge in [-0.25, -0.2) is 14.6 Å². The molecule has 0 fully saturated rings. The van der Waals surface area contributed by atoms with Crippen molar-refractivity contribution in [2.45, 2.75) is 25.3 Å². The zero-order chi connectivity index (χ0) is 25.6. The van der Waals surface area contributed by atoms with Crippen LogP contribution in [0.5, 0.6) is 5.75 Å². The third-order valence-corrected chi connectivity index (χ3v) is 6.70. The van der Waals surface area contributed by atoms with Crippen molar-refractivity contribution in [3.8, 4) is 22.8 Å². The number of benzene rings is 3. The fraction of sp³-hybridized carbons (Fsp3) is 0.172. The van der Waals surface area contributed by atoms with E-state index in [0.717, 1.165) is 50.9 Å². The number of fused-ring (bicyclic) bond motifs is 1. The fourth-order valence-corrected chi connectivity index (χ4v) is 4.85. The maximum Gasteiger partial charge on any atom is 0.234 e. The maximum absolute atomic E-state index is 12.8. The number of nitrogens with zero attached hydrogens (tertiary/aromatic N) is 4. The molecule has 186 valence electrons. The summed E-state index contributed by atoms with van der Waals surface area (Å²) in [7, 11) is 0. The van der Waals surface area contributed by atoms with Gasteiger partial charge in [0.2, 0.25) is 5.91 Å². The predicted octanol–water partition coefficient (Wildman–Crippen LogP) is 6.17. The van der Waals surface area contributed by atoms with Crippen LogP contribution in [-0.4, -0.2) is 38.0 Å². The lowest BCUT2D eigenvalue weighted by atomic mass is 10.2. The van der Waals surface area contributed by atoms with Crippen LogP contribution in [-0.2, 0) is 11.2 Å². The molecule has 3 aromatic carbocycles. The van der Waals surface area contributed by atoms with E-state index in [-0.39, 0.29) is 11.7 Å². The summed E-state index contributed by atoms with van der Waals surface area (Å²) in [5.74, 6) is 1.46. The minimum atomic E-state index is -0.115. The summed E-state index contributed by atoms with van der Waals surface area (Å²) in [5.41, 5.74) is 4.18. The van der Waals surface area contributed by atoms with Crippen LogP contribution in [0.1, 0.15) is 19.5 Å². The Morgan fingerprint density at radius 2 is 1.62 bits per heavy atom. The second-order valence-corrected chi connectivity index (χ2v) is 9.22. The van der Waals surface area contributed by atoms with Gasteiger partial charge in [-0.3, -0.25) is 4.79 Å². The molecule has 2 heterocycles. The zero-order valence-corrected chi connectivity index (χ0v) is 21.5. The largest absolute Gasteiger partial charge is 0.494 e. The lowest BCUT2D eigenvalue weighted by molar-refractivity contribution is -0.113. The van der Waals surface area contributed by atoms with Gasteiger partial charge in [-0.15, -0.1) is 0 Å². The number of carbonyl (C=O) groups excluding carboxylic acids is 1. The van der Waals surface area contributed by atoms with Crippen LogP contribution < -0.4 is 10.1 Å². The monoisotopic (exact) mass is 509 g/mol. The number of aryl methyl sites for hydroxylation is 1. The molecule has 0 radical (unpaired) electrons. The van der Waals surface area contributed by atoms with Gasteiger partial charge in [0.15, 0.2) is 11.5 Å². The lowest BCUT2D eigenvalue weighted by Crippen LogP contribution is -2.14. The topological polar surface area (TPSA) is 81.9 Å². The molecule has 0 aliphatic rings. The van der Waals surface area contributed by atoms with Crippen molar-refractivity contribution in [3.63, 3.8) is 0 Å². The molecule has 0 atom stereocenters. The van der Waals surface area contributed by atoms with Crippen molar-refractivity contribution in [2.75, 3.05) is 17.7 Å². The van der Waals surface area contributed by atoms with Crippen molar-refractivity contribution >= 4 is 34.4 Å². The quantitative estimate of drug-likeness (QED) is 0.189. The molecular weight excluding hydrogens is 482 g/mol. The number of anilines is 1.